The third-order valence-electron chi connectivity index (χ3n) is 5.21. The summed E-state index contributed by atoms with van der Waals surface area (Å²) in [5, 5.41) is 33.2. The van der Waals surface area contributed by atoms with Crippen LogP contribution in [0.1, 0.15) is 55.9 Å². The quantitative estimate of drug-likeness (QED) is 0.303. The Balaban J connectivity index is 0.00000320. The van der Waals surface area contributed by atoms with Gasteiger partial charge in [-0.1, -0.05) is 57.6 Å². The molecule has 0 aliphatic heterocycles. The standard InChI is InChI=1S/C24H26NO4.Mn/c1-24(2,3)19-12-17(10-15-4-7-20(26)8-5-15)23(28)18(13-19)11-16-6-9-21(27)14-22(16)25-29;/h6,8-9,12-14,26-28H,4,7,10-11H2,1-3H3;/q-1;. The van der Waals surface area contributed by atoms with E-state index in [4.69, 9.17) is 0 Å². The third-order valence-corrected chi connectivity index (χ3v) is 5.21. The number of hydrogen-bond acceptors (Lipinski definition) is 5. The summed E-state index contributed by atoms with van der Waals surface area (Å²) in [6, 6.07) is 8.47. The summed E-state index contributed by atoms with van der Waals surface area (Å²) in [6.07, 6.45) is 6.84. The first-order valence-corrected chi connectivity index (χ1v) is 9.67. The number of nitrogens with zero attached hydrogens (tertiary/aromatic N) is 1. The van der Waals surface area contributed by atoms with Crippen LogP contribution in [0.15, 0.2) is 52.9 Å². The second kappa shape index (κ2) is 9.50. The fraction of sp³-hybridized carbons (Fsp3) is 0.333. The van der Waals surface area contributed by atoms with Gasteiger partial charge in [0.1, 0.15) is 17.2 Å². The molecule has 5 nitrogen and oxygen atoms in total. The van der Waals surface area contributed by atoms with Crippen molar-refractivity contribution >= 4 is 5.69 Å². The number of aliphatic hydroxyl groups excluding tert-OH is 1. The monoisotopic (exact) mass is 447 g/mol. The molecule has 0 saturated carbocycles. The molecule has 1 aliphatic carbocycles. The van der Waals surface area contributed by atoms with E-state index in [1.807, 2.05) is 12.1 Å². The molecule has 0 saturated heterocycles. The van der Waals surface area contributed by atoms with Gasteiger partial charge in [-0.2, -0.15) is 11.6 Å². The minimum absolute atomic E-state index is 0. The number of aliphatic hydroxyl groups is 1. The molecular weight excluding hydrogens is 421 g/mol. The van der Waals surface area contributed by atoms with Crippen LogP contribution in [0.3, 0.4) is 0 Å². The summed E-state index contributed by atoms with van der Waals surface area (Å²) < 4.78 is 0. The minimum Gasteiger partial charge on any atom is -0.597 e. The molecule has 0 spiro atoms. The van der Waals surface area contributed by atoms with Crippen molar-refractivity contribution in [3.05, 3.63) is 81.0 Å². The normalized spacial score (nSPS) is 13.8. The van der Waals surface area contributed by atoms with E-state index in [0.717, 1.165) is 16.7 Å². The number of nitroso groups, excluding NO2 is 1. The first-order valence-electron chi connectivity index (χ1n) is 9.67. The summed E-state index contributed by atoms with van der Waals surface area (Å²) in [4.78, 5) is 11.2. The van der Waals surface area contributed by atoms with Gasteiger partial charge in [-0.3, -0.25) is 0 Å². The molecule has 2 aromatic rings. The Bertz CT molecular complexity index is 1000. The van der Waals surface area contributed by atoms with Gasteiger partial charge < -0.3 is 15.3 Å². The Hall–Kier alpha value is -2.56. The molecule has 0 aromatic heterocycles. The number of phenolic OH excluding ortho intramolecular Hbond substituents is 2. The number of phenols is 2. The van der Waals surface area contributed by atoms with Crippen LogP contribution in [0.2, 0.25) is 0 Å². The van der Waals surface area contributed by atoms with Crippen LogP contribution in [0.4, 0.5) is 5.69 Å². The molecule has 3 rings (SSSR count). The predicted octanol–water partition coefficient (Wildman–Crippen LogP) is 5.89. The molecule has 2 aromatic carbocycles. The maximum atomic E-state index is 11.2. The number of hydrogen-bond donors (Lipinski definition) is 3. The fourth-order valence-corrected chi connectivity index (χ4v) is 3.43. The van der Waals surface area contributed by atoms with E-state index in [1.54, 1.807) is 12.1 Å². The van der Waals surface area contributed by atoms with E-state index < -0.39 is 0 Å². The molecule has 0 heterocycles. The van der Waals surface area contributed by atoms with Gasteiger partial charge in [0.15, 0.2) is 0 Å². The molecule has 159 valence electrons. The second-order valence-corrected chi connectivity index (χ2v) is 8.53. The van der Waals surface area contributed by atoms with Crippen LogP contribution in [-0.2, 0) is 35.3 Å². The number of rotatable bonds is 5. The molecule has 30 heavy (non-hydrogen) atoms. The van der Waals surface area contributed by atoms with E-state index in [1.165, 1.54) is 12.1 Å². The number of allylic oxidation sites excluding steroid dienone is 4. The molecule has 0 bridgehead atoms. The molecule has 0 unspecified atom stereocenters. The van der Waals surface area contributed by atoms with Crippen LogP contribution in [0.5, 0.6) is 11.5 Å². The van der Waals surface area contributed by atoms with Crippen LogP contribution >= 0.6 is 0 Å². The summed E-state index contributed by atoms with van der Waals surface area (Å²) in [5.74, 6) is 0.493. The number of aromatic hydroxyl groups is 2. The van der Waals surface area contributed by atoms with Gasteiger partial charge in [-0.25, -0.2) is 6.08 Å². The molecule has 0 amide bonds. The van der Waals surface area contributed by atoms with Gasteiger partial charge in [0, 0.05) is 29.6 Å². The van der Waals surface area contributed by atoms with Crippen LogP contribution < -0.4 is 0 Å². The van der Waals surface area contributed by atoms with Crippen LogP contribution in [0.25, 0.3) is 0 Å². The van der Waals surface area contributed by atoms with Gasteiger partial charge in [-0.05, 0) is 45.3 Å². The van der Waals surface area contributed by atoms with Gasteiger partial charge >= 0.3 is 0 Å². The summed E-state index contributed by atoms with van der Waals surface area (Å²) in [5.41, 5.74) is 4.28. The zero-order valence-corrected chi connectivity index (χ0v) is 18.5. The summed E-state index contributed by atoms with van der Waals surface area (Å²) >= 11 is 0. The van der Waals surface area contributed by atoms with E-state index in [0.29, 0.717) is 42.6 Å². The smallest absolute Gasteiger partial charge is 0.122 e. The van der Waals surface area contributed by atoms with E-state index >= 15 is 0 Å². The van der Waals surface area contributed by atoms with Gasteiger partial charge in [0.2, 0.25) is 0 Å². The third kappa shape index (κ3) is 5.53. The van der Waals surface area contributed by atoms with Crippen molar-refractivity contribution in [3.63, 3.8) is 0 Å². The van der Waals surface area contributed by atoms with Crippen LogP contribution in [-0.4, -0.2) is 15.3 Å². The van der Waals surface area contributed by atoms with Crippen molar-refractivity contribution in [2.45, 2.75) is 51.9 Å². The first kappa shape index (κ1) is 23.7. The Morgan fingerprint density at radius 2 is 1.63 bits per heavy atom. The Kier molecular flexibility index (Phi) is 7.51. The second-order valence-electron chi connectivity index (χ2n) is 8.53. The fourth-order valence-electron chi connectivity index (χ4n) is 3.43. The van der Waals surface area contributed by atoms with Crippen molar-refractivity contribution in [2.24, 2.45) is 5.18 Å². The zero-order chi connectivity index (χ0) is 21.2. The Morgan fingerprint density at radius 3 is 2.20 bits per heavy atom. The number of benzene rings is 2. The van der Waals surface area contributed by atoms with Crippen molar-refractivity contribution in [2.75, 3.05) is 0 Å². The maximum Gasteiger partial charge on any atom is 0.122 e. The van der Waals surface area contributed by atoms with Gasteiger partial charge in [0.05, 0.1) is 0 Å². The predicted molar refractivity (Wildman–Crippen MR) is 114 cm³/mol. The van der Waals surface area contributed by atoms with Gasteiger partial charge in [-0.15, -0.1) is 4.91 Å². The van der Waals surface area contributed by atoms with Crippen molar-refractivity contribution in [1.29, 1.82) is 0 Å². The van der Waals surface area contributed by atoms with Crippen molar-refractivity contribution < 1.29 is 32.4 Å². The summed E-state index contributed by atoms with van der Waals surface area (Å²) in [6.45, 7) is 6.33. The minimum atomic E-state index is -0.124. The average molecular weight is 447 g/mol. The average Bonchev–Trinajstić information content (AvgIpc) is 2.66. The first-order chi connectivity index (χ1) is 13.7. The SMILES string of the molecule is CC(C)(C)c1cc(CC2=[C-]C=C(O)CC2)c(O)c(Cc2ccc(O)cc2N=O)c1.[Mn]. The molecule has 1 aliphatic rings. The molecular formula is C24H26MnNO4-. The zero-order valence-electron chi connectivity index (χ0n) is 17.4. The Labute approximate surface area is 187 Å². The van der Waals surface area contributed by atoms with E-state index in [-0.39, 0.29) is 39.7 Å². The van der Waals surface area contributed by atoms with Crippen LogP contribution in [0, 0.1) is 11.0 Å². The molecule has 3 N–H and O–H groups in total. The molecule has 6 heteroatoms. The van der Waals surface area contributed by atoms with E-state index in [2.05, 4.69) is 32.0 Å². The van der Waals surface area contributed by atoms with Crippen molar-refractivity contribution in [3.8, 4) is 11.5 Å². The molecule has 0 atom stereocenters. The molecule has 0 fully saturated rings. The molecule has 1 radical (unpaired) electrons. The largest absolute Gasteiger partial charge is 0.597 e. The van der Waals surface area contributed by atoms with Crippen molar-refractivity contribution in [1.82, 2.24) is 0 Å². The topological polar surface area (TPSA) is 90.1 Å². The Morgan fingerprint density at radius 1 is 0.967 bits per heavy atom. The van der Waals surface area contributed by atoms with Gasteiger partial charge in [0.25, 0.3) is 0 Å². The van der Waals surface area contributed by atoms with E-state index in [9.17, 15) is 20.2 Å². The maximum absolute atomic E-state index is 11.2. The summed E-state index contributed by atoms with van der Waals surface area (Å²) in [7, 11) is 0.